The Morgan fingerprint density at radius 3 is 2.31 bits per heavy atom. The van der Waals surface area contributed by atoms with E-state index in [-0.39, 0.29) is 24.3 Å². The molecule has 0 radical (unpaired) electrons. The van der Waals surface area contributed by atoms with Crippen LogP contribution in [0.2, 0.25) is 10.0 Å². The van der Waals surface area contributed by atoms with Crippen molar-refractivity contribution in [3.05, 3.63) is 63.6 Å². The molecule has 8 heteroatoms. The van der Waals surface area contributed by atoms with E-state index in [1.165, 1.54) is 17.9 Å². The fourth-order valence-corrected chi connectivity index (χ4v) is 3.11. The molecule has 0 aliphatic carbocycles. The lowest BCUT2D eigenvalue weighted by Gasteiger charge is -2.22. The van der Waals surface area contributed by atoms with Gasteiger partial charge in [-0.1, -0.05) is 42.3 Å². The molecule has 0 aliphatic heterocycles. The molecule has 0 saturated carbocycles. The summed E-state index contributed by atoms with van der Waals surface area (Å²) in [5, 5.41) is 6.21. The third kappa shape index (κ3) is 7.07. The summed E-state index contributed by atoms with van der Waals surface area (Å²) >= 11 is 11.9. The van der Waals surface area contributed by atoms with Crippen LogP contribution in [0.1, 0.15) is 36.2 Å². The van der Waals surface area contributed by atoms with Crippen molar-refractivity contribution in [2.24, 2.45) is 0 Å². The maximum Gasteiger partial charge on any atom is 0.254 e. The van der Waals surface area contributed by atoms with Crippen LogP contribution < -0.4 is 10.6 Å². The molecule has 29 heavy (non-hydrogen) atoms. The maximum atomic E-state index is 12.8. The molecule has 0 bridgehead atoms. The third-order valence-electron chi connectivity index (χ3n) is 4.06. The van der Waals surface area contributed by atoms with E-state index in [9.17, 15) is 14.4 Å². The second-order valence-electron chi connectivity index (χ2n) is 6.51. The van der Waals surface area contributed by atoms with Crippen LogP contribution in [0.15, 0.2) is 42.5 Å². The number of halogens is 2. The van der Waals surface area contributed by atoms with E-state index in [2.05, 4.69) is 10.6 Å². The summed E-state index contributed by atoms with van der Waals surface area (Å²) in [6, 6.07) is 11.7. The standard InChI is InChI=1S/C21H23Cl2N3O3/c1-3-10-26(13-20(28)25-19-9-8-17(22)11-18(19)23)21(29)16-6-4-15(5-7-16)12-24-14(2)27/h4-9,11H,3,10,12-13H2,1-2H3,(H,24,27)(H,25,28). The molecular weight excluding hydrogens is 413 g/mol. The van der Waals surface area contributed by atoms with Crippen LogP contribution in [0.3, 0.4) is 0 Å². The van der Waals surface area contributed by atoms with Gasteiger partial charge in [0.25, 0.3) is 5.91 Å². The molecule has 0 aromatic heterocycles. The van der Waals surface area contributed by atoms with Crippen LogP contribution in [0, 0.1) is 0 Å². The molecule has 0 fully saturated rings. The minimum atomic E-state index is -0.349. The molecule has 0 heterocycles. The molecule has 3 amide bonds. The first-order valence-corrected chi connectivity index (χ1v) is 9.93. The quantitative estimate of drug-likeness (QED) is 0.654. The summed E-state index contributed by atoms with van der Waals surface area (Å²) in [5.74, 6) is -0.709. The van der Waals surface area contributed by atoms with Crippen LogP contribution in [-0.2, 0) is 16.1 Å². The average Bonchev–Trinajstić information content (AvgIpc) is 2.68. The topological polar surface area (TPSA) is 78.5 Å². The molecule has 2 rings (SSSR count). The lowest BCUT2D eigenvalue weighted by Crippen LogP contribution is -2.38. The Hall–Kier alpha value is -2.57. The highest BCUT2D eigenvalue weighted by Gasteiger charge is 2.19. The summed E-state index contributed by atoms with van der Waals surface area (Å²) in [5.41, 5.74) is 1.79. The number of nitrogens with one attached hydrogen (secondary N) is 2. The van der Waals surface area contributed by atoms with Crippen LogP contribution in [0.5, 0.6) is 0 Å². The monoisotopic (exact) mass is 435 g/mol. The molecule has 2 aromatic carbocycles. The second kappa shape index (κ2) is 10.8. The first-order valence-electron chi connectivity index (χ1n) is 9.17. The number of hydrogen-bond acceptors (Lipinski definition) is 3. The highest BCUT2D eigenvalue weighted by Crippen LogP contribution is 2.25. The molecule has 2 N–H and O–H groups in total. The highest BCUT2D eigenvalue weighted by molar-refractivity contribution is 6.36. The number of anilines is 1. The summed E-state index contributed by atoms with van der Waals surface area (Å²) in [4.78, 5) is 37.8. The number of hydrogen-bond donors (Lipinski definition) is 2. The zero-order valence-electron chi connectivity index (χ0n) is 16.3. The first kappa shape index (κ1) is 22.7. The second-order valence-corrected chi connectivity index (χ2v) is 7.35. The van der Waals surface area contributed by atoms with Gasteiger partial charge in [0.15, 0.2) is 0 Å². The molecule has 0 saturated heterocycles. The Morgan fingerprint density at radius 2 is 1.72 bits per heavy atom. The lowest BCUT2D eigenvalue weighted by atomic mass is 10.1. The predicted molar refractivity (Wildman–Crippen MR) is 115 cm³/mol. The van der Waals surface area contributed by atoms with Crippen molar-refractivity contribution in [3.8, 4) is 0 Å². The van der Waals surface area contributed by atoms with E-state index < -0.39 is 0 Å². The van der Waals surface area contributed by atoms with Crippen LogP contribution >= 0.6 is 23.2 Å². The van der Waals surface area contributed by atoms with Gasteiger partial charge in [-0.3, -0.25) is 14.4 Å². The number of nitrogens with zero attached hydrogens (tertiary/aromatic N) is 1. The maximum absolute atomic E-state index is 12.8. The normalized spacial score (nSPS) is 10.3. The molecule has 0 atom stereocenters. The Kier molecular flexibility index (Phi) is 8.49. The van der Waals surface area contributed by atoms with Gasteiger partial charge in [0.2, 0.25) is 11.8 Å². The molecular formula is C21H23Cl2N3O3. The number of carbonyl (C=O) groups is 3. The SMILES string of the molecule is CCCN(CC(=O)Nc1ccc(Cl)cc1Cl)C(=O)c1ccc(CNC(C)=O)cc1. The molecule has 0 spiro atoms. The van der Waals surface area contributed by atoms with Gasteiger partial charge in [0.05, 0.1) is 10.7 Å². The predicted octanol–water partition coefficient (Wildman–Crippen LogP) is 4.12. The van der Waals surface area contributed by atoms with Gasteiger partial charge in [-0.25, -0.2) is 0 Å². The summed E-state index contributed by atoms with van der Waals surface area (Å²) in [6.45, 7) is 4.12. The summed E-state index contributed by atoms with van der Waals surface area (Å²) < 4.78 is 0. The van der Waals surface area contributed by atoms with Gasteiger partial charge >= 0.3 is 0 Å². The molecule has 154 valence electrons. The number of rotatable bonds is 8. The smallest absolute Gasteiger partial charge is 0.254 e. The Balaban J connectivity index is 2.04. The van der Waals surface area contributed by atoms with E-state index in [4.69, 9.17) is 23.2 Å². The first-order chi connectivity index (χ1) is 13.8. The van der Waals surface area contributed by atoms with Crippen molar-refractivity contribution in [1.29, 1.82) is 0 Å². The van der Waals surface area contributed by atoms with Crippen molar-refractivity contribution in [2.75, 3.05) is 18.4 Å². The van der Waals surface area contributed by atoms with E-state index >= 15 is 0 Å². The highest BCUT2D eigenvalue weighted by atomic mass is 35.5. The van der Waals surface area contributed by atoms with E-state index in [1.54, 1.807) is 36.4 Å². The van der Waals surface area contributed by atoms with Crippen molar-refractivity contribution in [1.82, 2.24) is 10.2 Å². The molecule has 0 aliphatic rings. The Bertz CT molecular complexity index is 885. The van der Waals surface area contributed by atoms with Crippen LogP contribution in [0.4, 0.5) is 5.69 Å². The van der Waals surface area contributed by atoms with Gasteiger partial charge < -0.3 is 15.5 Å². The van der Waals surface area contributed by atoms with Crippen molar-refractivity contribution in [2.45, 2.75) is 26.8 Å². The van der Waals surface area contributed by atoms with Crippen molar-refractivity contribution < 1.29 is 14.4 Å². The number of benzene rings is 2. The van der Waals surface area contributed by atoms with Crippen molar-refractivity contribution >= 4 is 46.6 Å². The fourth-order valence-electron chi connectivity index (χ4n) is 2.65. The lowest BCUT2D eigenvalue weighted by molar-refractivity contribution is -0.119. The fraction of sp³-hybridized carbons (Fsp3) is 0.286. The van der Waals surface area contributed by atoms with Gasteiger partial charge in [-0.15, -0.1) is 0 Å². The number of carbonyl (C=O) groups excluding carboxylic acids is 3. The zero-order valence-corrected chi connectivity index (χ0v) is 17.8. The largest absolute Gasteiger partial charge is 0.352 e. The van der Waals surface area contributed by atoms with E-state index in [1.807, 2.05) is 6.92 Å². The van der Waals surface area contributed by atoms with Gasteiger partial charge in [0, 0.05) is 30.6 Å². The Labute approximate surface area is 180 Å². The molecule has 6 nitrogen and oxygen atoms in total. The average molecular weight is 436 g/mol. The molecule has 2 aromatic rings. The third-order valence-corrected chi connectivity index (χ3v) is 4.61. The van der Waals surface area contributed by atoms with Gasteiger partial charge in [-0.05, 0) is 42.3 Å². The Morgan fingerprint density at radius 1 is 1.03 bits per heavy atom. The van der Waals surface area contributed by atoms with E-state index in [0.717, 1.165) is 5.56 Å². The van der Waals surface area contributed by atoms with Crippen LogP contribution in [0.25, 0.3) is 0 Å². The van der Waals surface area contributed by atoms with Gasteiger partial charge in [-0.2, -0.15) is 0 Å². The summed E-state index contributed by atoms with van der Waals surface area (Å²) in [6.07, 6.45) is 0.710. The summed E-state index contributed by atoms with van der Waals surface area (Å²) in [7, 11) is 0. The van der Waals surface area contributed by atoms with Crippen molar-refractivity contribution in [3.63, 3.8) is 0 Å². The number of amides is 3. The minimum Gasteiger partial charge on any atom is -0.352 e. The van der Waals surface area contributed by atoms with E-state index in [0.29, 0.717) is 40.8 Å². The minimum absolute atomic E-state index is 0.0979. The van der Waals surface area contributed by atoms with Gasteiger partial charge in [0.1, 0.15) is 6.54 Å². The van der Waals surface area contributed by atoms with Crippen LogP contribution in [-0.4, -0.2) is 35.7 Å². The molecule has 0 unspecified atom stereocenters. The zero-order chi connectivity index (χ0) is 21.4.